The van der Waals surface area contributed by atoms with E-state index in [1.807, 2.05) is 0 Å². The van der Waals surface area contributed by atoms with Crippen molar-refractivity contribution >= 4 is 29.6 Å². The third-order valence-corrected chi connectivity index (χ3v) is 5.40. The van der Waals surface area contributed by atoms with Gasteiger partial charge in [-0.1, -0.05) is 23.9 Å². The minimum absolute atomic E-state index is 0.0587. The number of ether oxygens (including phenoxy) is 2. The van der Waals surface area contributed by atoms with Crippen LogP contribution in [-0.4, -0.2) is 53.7 Å². The third kappa shape index (κ3) is 6.17. The van der Waals surface area contributed by atoms with Gasteiger partial charge in [0.1, 0.15) is 5.82 Å². The van der Waals surface area contributed by atoms with Gasteiger partial charge in [-0.15, -0.1) is 0 Å². The van der Waals surface area contributed by atoms with Crippen LogP contribution in [0, 0.1) is 5.82 Å². The van der Waals surface area contributed by atoms with E-state index in [9.17, 15) is 18.8 Å². The SMILES string of the molecule is COC(=O)/C=C1/SCC(=O)N1CCCOC(=O)CCc1ncc(-c2ccccc2F)o1. The number of hydrogen-bond donors (Lipinski definition) is 0. The molecule has 0 bridgehead atoms. The van der Waals surface area contributed by atoms with E-state index in [2.05, 4.69) is 9.72 Å². The second-order valence-electron chi connectivity index (χ2n) is 6.51. The largest absolute Gasteiger partial charge is 0.466 e. The lowest BCUT2D eigenvalue weighted by atomic mass is 10.2. The summed E-state index contributed by atoms with van der Waals surface area (Å²) in [5, 5.41) is 0.526. The van der Waals surface area contributed by atoms with E-state index in [1.54, 1.807) is 18.2 Å². The van der Waals surface area contributed by atoms with Gasteiger partial charge in [-0.25, -0.2) is 14.2 Å². The van der Waals surface area contributed by atoms with E-state index < -0.39 is 17.8 Å². The molecule has 1 amide bonds. The molecule has 1 saturated heterocycles. The minimum Gasteiger partial charge on any atom is -0.466 e. The highest BCUT2D eigenvalue weighted by molar-refractivity contribution is 8.04. The van der Waals surface area contributed by atoms with Crippen molar-refractivity contribution in [2.75, 3.05) is 26.0 Å². The summed E-state index contributed by atoms with van der Waals surface area (Å²) in [5.74, 6) is -0.618. The fourth-order valence-corrected chi connectivity index (χ4v) is 3.79. The number of carbonyl (C=O) groups excluding carboxylic acids is 3. The number of aromatic nitrogens is 1. The minimum atomic E-state index is -0.529. The Morgan fingerprint density at radius 3 is 2.94 bits per heavy atom. The number of rotatable bonds is 9. The van der Waals surface area contributed by atoms with E-state index in [1.165, 1.54) is 42.1 Å². The summed E-state index contributed by atoms with van der Waals surface area (Å²) < 4.78 is 29.1. The van der Waals surface area contributed by atoms with Crippen LogP contribution in [0.4, 0.5) is 4.39 Å². The molecule has 0 radical (unpaired) electrons. The quantitative estimate of drug-likeness (QED) is 0.328. The Labute approximate surface area is 182 Å². The molecule has 0 saturated carbocycles. The summed E-state index contributed by atoms with van der Waals surface area (Å²) in [5.41, 5.74) is 0.305. The van der Waals surface area contributed by atoms with Crippen molar-refractivity contribution in [2.24, 2.45) is 0 Å². The lowest BCUT2D eigenvalue weighted by Gasteiger charge is -2.16. The number of thioether (sulfide) groups is 1. The van der Waals surface area contributed by atoms with Gasteiger partial charge in [0, 0.05) is 13.0 Å². The smallest absolute Gasteiger partial charge is 0.333 e. The fourth-order valence-electron chi connectivity index (χ4n) is 2.83. The first kappa shape index (κ1) is 22.5. The van der Waals surface area contributed by atoms with E-state index in [-0.39, 0.29) is 31.1 Å². The summed E-state index contributed by atoms with van der Waals surface area (Å²) in [6, 6.07) is 6.20. The lowest BCUT2D eigenvalue weighted by molar-refractivity contribution is -0.143. The zero-order valence-corrected chi connectivity index (χ0v) is 17.7. The highest BCUT2D eigenvalue weighted by atomic mass is 32.2. The predicted octanol–water partition coefficient (Wildman–Crippen LogP) is 2.94. The van der Waals surface area contributed by atoms with E-state index >= 15 is 0 Å². The molecule has 3 rings (SSSR count). The Hall–Kier alpha value is -3.14. The molecule has 1 aromatic heterocycles. The molecule has 2 heterocycles. The number of carbonyl (C=O) groups is 3. The molecular formula is C21H21FN2O6S. The van der Waals surface area contributed by atoms with Gasteiger partial charge in [0.25, 0.3) is 0 Å². The van der Waals surface area contributed by atoms with Gasteiger partial charge in [0.2, 0.25) is 5.91 Å². The van der Waals surface area contributed by atoms with Crippen molar-refractivity contribution in [1.82, 2.24) is 9.88 Å². The van der Waals surface area contributed by atoms with Crippen LogP contribution in [0.15, 0.2) is 46.0 Å². The molecule has 164 valence electrons. The van der Waals surface area contributed by atoms with Gasteiger partial charge in [0.15, 0.2) is 11.7 Å². The predicted molar refractivity (Wildman–Crippen MR) is 110 cm³/mol. The first-order valence-electron chi connectivity index (χ1n) is 9.56. The van der Waals surface area contributed by atoms with Crippen LogP contribution in [-0.2, 0) is 30.3 Å². The van der Waals surface area contributed by atoms with E-state index in [0.717, 1.165) is 0 Å². The molecule has 1 fully saturated rings. The Kier molecular flexibility index (Phi) is 7.82. The third-order valence-electron chi connectivity index (χ3n) is 4.38. The number of amides is 1. The second-order valence-corrected chi connectivity index (χ2v) is 7.51. The van der Waals surface area contributed by atoms with Crippen LogP contribution in [0.25, 0.3) is 11.3 Å². The number of nitrogens with zero attached hydrogens (tertiary/aromatic N) is 2. The molecule has 8 nitrogen and oxygen atoms in total. The molecule has 31 heavy (non-hydrogen) atoms. The normalized spacial score (nSPS) is 14.8. The van der Waals surface area contributed by atoms with E-state index in [0.29, 0.717) is 35.2 Å². The van der Waals surface area contributed by atoms with Gasteiger partial charge >= 0.3 is 11.9 Å². The number of methoxy groups -OCH3 is 1. The Morgan fingerprint density at radius 1 is 1.35 bits per heavy atom. The Morgan fingerprint density at radius 2 is 2.16 bits per heavy atom. The molecular weight excluding hydrogens is 427 g/mol. The van der Waals surface area contributed by atoms with Crippen molar-refractivity contribution in [3.8, 4) is 11.3 Å². The number of esters is 2. The van der Waals surface area contributed by atoms with Crippen LogP contribution in [0.2, 0.25) is 0 Å². The number of aryl methyl sites for hydroxylation is 1. The van der Waals surface area contributed by atoms with Crippen molar-refractivity contribution in [3.05, 3.63) is 53.3 Å². The monoisotopic (exact) mass is 448 g/mol. The number of oxazole rings is 1. The molecule has 0 unspecified atom stereocenters. The van der Waals surface area contributed by atoms with Gasteiger partial charge in [-0.05, 0) is 18.6 Å². The number of hydrogen-bond acceptors (Lipinski definition) is 8. The summed E-state index contributed by atoms with van der Waals surface area (Å²) in [6.45, 7) is 0.457. The van der Waals surface area contributed by atoms with Crippen LogP contribution in [0.5, 0.6) is 0 Å². The van der Waals surface area contributed by atoms with Crippen LogP contribution in [0.1, 0.15) is 18.7 Å². The van der Waals surface area contributed by atoms with Crippen LogP contribution in [0.3, 0.4) is 0 Å². The van der Waals surface area contributed by atoms with Crippen molar-refractivity contribution in [1.29, 1.82) is 0 Å². The van der Waals surface area contributed by atoms with E-state index in [4.69, 9.17) is 9.15 Å². The van der Waals surface area contributed by atoms with Crippen molar-refractivity contribution < 1.29 is 32.7 Å². The summed E-state index contributed by atoms with van der Waals surface area (Å²) in [6.07, 6.45) is 3.40. The lowest BCUT2D eigenvalue weighted by Crippen LogP contribution is -2.27. The summed E-state index contributed by atoms with van der Waals surface area (Å²) >= 11 is 1.26. The molecule has 0 aliphatic carbocycles. The van der Waals surface area contributed by atoms with Gasteiger partial charge in [-0.2, -0.15) is 0 Å². The standard InChI is InChI=1S/C21H21FN2O6S/c1-28-21(27)11-19-24(18(25)13-31-19)9-4-10-29-20(26)8-7-17-23-12-16(30-17)14-5-2-3-6-15(14)22/h2-3,5-6,11-12H,4,7-10,13H2,1H3/b19-11+. The first-order chi connectivity index (χ1) is 15.0. The molecule has 0 spiro atoms. The maximum Gasteiger partial charge on any atom is 0.333 e. The topological polar surface area (TPSA) is 98.9 Å². The highest BCUT2D eigenvalue weighted by Gasteiger charge is 2.27. The molecule has 10 heteroatoms. The van der Waals surface area contributed by atoms with Crippen LogP contribution < -0.4 is 0 Å². The zero-order valence-electron chi connectivity index (χ0n) is 16.8. The number of benzene rings is 1. The van der Waals surface area contributed by atoms with Gasteiger partial charge < -0.3 is 18.8 Å². The summed E-state index contributed by atoms with van der Waals surface area (Å²) in [4.78, 5) is 40.8. The number of halogens is 1. The Balaban J connectivity index is 1.40. The zero-order chi connectivity index (χ0) is 22.2. The van der Waals surface area contributed by atoms with Gasteiger partial charge in [0.05, 0.1) is 48.8 Å². The molecule has 1 aromatic carbocycles. The van der Waals surface area contributed by atoms with Crippen LogP contribution >= 0.6 is 11.8 Å². The fraction of sp³-hybridized carbons (Fsp3) is 0.333. The summed E-state index contributed by atoms with van der Waals surface area (Å²) in [7, 11) is 1.27. The molecule has 2 aromatic rings. The Bertz CT molecular complexity index is 990. The second kappa shape index (κ2) is 10.8. The highest BCUT2D eigenvalue weighted by Crippen LogP contribution is 2.29. The van der Waals surface area contributed by atoms with Gasteiger partial charge in [-0.3, -0.25) is 9.59 Å². The molecule has 0 atom stereocenters. The molecule has 0 N–H and O–H groups in total. The average Bonchev–Trinajstić information content (AvgIpc) is 3.37. The molecule has 1 aliphatic rings. The maximum absolute atomic E-state index is 13.8. The van der Waals surface area contributed by atoms with Crippen molar-refractivity contribution in [2.45, 2.75) is 19.3 Å². The first-order valence-corrected chi connectivity index (χ1v) is 10.5. The average molecular weight is 448 g/mol. The van der Waals surface area contributed by atoms with Crippen molar-refractivity contribution in [3.63, 3.8) is 0 Å². The molecule has 1 aliphatic heterocycles. The maximum atomic E-state index is 13.8.